The largest absolute Gasteiger partial charge is 0.494 e. The van der Waals surface area contributed by atoms with Gasteiger partial charge in [0.15, 0.2) is 0 Å². The number of rotatable bonds is 5. The standard InChI is InChI=1S/C23H19FN4O3S/c1-31-21-12-15(28-32(2,29)30)7-9-17(21)25-18-4-3-5-19-22(18)23-20(26-19)11-13-10-14(24)6-8-16(13)27-23/h3-12,25-26,28H,1-2H3. The van der Waals surface area contributed by atoms with Crippen molar-refractivity contribution >= 4 is 59.9 Å². The number of nitrogens with one attached hydrogen (secondary N) is 3. The molecule has 0 aliphatic heterocycles. The third-order valence-corrected chi connectivity index (χ3v) is 5.73. The van der Waals surface area contributed by atoms with Gasteiger partial charge in [0.25, 0.3) is 0 Å². The number of aromatic amines is 1. The van der Waals surface area contributed by atoms with Crippen LogP contribution in [0.2, 0.25) is 0 Å². The van der Waals surface area contributed by atoms with E-state index in [9.17, 15) is 12.8 Å². The fourth-order valence-corrected chi connectivity index (χ4v) is 4.37. The van der Waals surface area contributed by atoms with E-state index in [0.717, 1.165) is 33.9 Å². The highest BCUT2D eigenvalue weighted by Crippen LogP contribution is 2.37. The third kappa shape index (κ3) is 3.67. The minimum Gasteiger partial charge on any atom is -0.494 e. The maximum atomic E-state index is 13.6. The van der Waals surface area contributed by atoms with Crippen LogP contribution >= 0.6 is 0 Å². The van der Waals surface area contributed by atoms with Gasteiger partial charge in [0.1, 0.15) is 11.6 Å². The summed E-state index contributed by atoms with van der Waals surface area (Å²) in [4.78, 5) is 8.11. The summed E-state index contributed by atoms with van der Waals surface area (Å²) >= 11 is 0. The maximum Gasteiger partial charge on any atom is 0.229 e. The number of hydrogen-bond donors (Lipinski definition) is 3. The van der Waals surface area contributed by atoms with E-state index in [1.165, 1.54) is 19.2 Å². The fourth-order valence-electron chi connectivity index (χ4n) is 3.81. The second-order valence-electron chi connectivity index (χ2n) is 7.49. The van der Waals surface area contributed by atoms with Crippen molar-refractivity contribution in [3.05, 3.63) is 66.5 Å². The first-order valence-corrected chi connectivity index (χ1v) is 11.6. The first-order chi connectivity index (χ1) is 15.3. The zero-order chi connectivity index (χ0) is 22.5. The second-order valence-corrected chi connectivity index (χ2v) is 9.24. The zero-order valence-electron chi connectivity index (χ0n) is 17.2. The van der Waals surface area contributed by atoms with E-state index < -0.39 is 10.0 Å². The summed E-state index contributed by atoms with van der Waals surface area (Å²) in [6.07, 6.45) is 1.09. The third-order valence-electron chi connectivity index (χ3n) is 5.12. The normalized spacial score (nSPS) is 11.8. The molecule has 162 valence electrons. The average molecular weight is 450 g/mol. The quantitative estimate of drug-likeness (QED) is 0.345. The van der Waals surface area contributed by atoms with Crippen LogP contribution in [0.1, 0.15) is 0 Å². The van der Waals surface area contributed by atoms with Gasteiger partial charge in [-0.3, -0.25) is 4.72 Å². The van der Waals surface area contributed by atoms with Gasteiger partial charge in [-0.2, -0.15) is 0 Å². The molecule has 0 unspecified atom stereocenters. The molecule has 9 heteroatoms. The first kappa shape index (κ1) is 20.1. The molecule has 0 fully saturated rings. The van der Waals surface area contributed by atoms with Crippen LogP contribution in [-0.2, 0) is 10.0 Å². The summed E-state index contributed by atoms with van der Waals surface area (Å²) in [5, 5.41) is 4.97. The molecule has 2 heterocycles. The summed E-state index contributed by atoms with van der Waals surface area (Å²) < 4.78 is 44.6. The number of fused-ring (bicyclic) bond motifs is 4. The van der Waals surface area contributed by atoms with E-state index in [1.54, 1.807) is 24.3 Å². The summed E-state index contributed by atoms with van der Waals surface area (Å²) in [5.74, 6) is 0.169. The van der Waals surface area contributed by atoms with E-state index in [0.29, 0.717) is 28.0 Å². The van der Waals surface area contributed by atoms with Gasteiger partial charge in [-0.15, -0.1) is 0 Å². The number of aromatic nitrogens is 2. The van der Waals surface area contributed by atoms with Crippen LogP contribution in [0, 0.1) is 5.82 Å². The van der Waals surface area contributed by atoms with Gasteiger partial charge in [-0.05, 0) is 48.5 Å². The molecule has 0 spiro atoms. The van der Waals surface area contributed by atoms with Crippen molar-refractivity contribution in [2.24, 2.45) is 0 Å². The van der Waals surface area contributed by atoms with Crippen LogP contribution in [0.15, 0.2) is 60.7 Å². The van der Waals surface area contributed by atoms with Crippen molar-refractivity contribution < 1.29 is 17.5 Å². The molecule has 7 nitrogen and oxygen atoms in total. The molecule has 0 radical (unpaired) electrons. The van der Waals surface area contributed by atoms with Crippen LogP contribution in [0.3, 0.4) is 0 Å². The van der Waals surface area contributed by atoms with Crippen LogP contribution in [-0.4, -0.2) is 31.8 Å². The molecule has 0 aliphatic rings. The lowest BCUT2D eigenvalue weighted by atomic mass is 10.1. The molecule has 0 bridgehead atoms. The number of halogens is 1. The predicted molar refractivity (Wildman–Crippen MR) is 126 cm³/mol. The highest BCUT2D eigenvalue weighted by molar-refractivity contribution is 7.92. The molecule has 0 saturated carbocycles. The van der Waals surface area contributed by atoms with Crippen molar-refractivity contribution in [3.63, 3.8) is 0 Å². The van der Waals surface area contributed by atoms with Crippen molar-refractivity contribution in [2.75, 3.05) is 23.4 Å². The van der Waals surface area contributed by atoms with E-state index in [1.807, 2.05) is 24.3 Å². The van der Waals surface area contributed by atoms with Gasteiger partial charge >= 0.3 is 0 Å². The average Bonchev–Trinajstić information content (AvgIpc) is 3.10. The second kappa shape index (κ2) is 7.38. The number of sulfonamides is 1. The number of methoxy groups -OCH3 is 1. The topological polar surface area (TPSA) is 96.1 Å². The monoisotopic (exact) mass is 450 g/mol. The molecule has 3 aromatic carbocycles. The Kier molecular flexibility index (Phi) is 4.63. The molecule has 0 saturated heterocycles. The zero-order valence-corrected chi connectivity index (χ0v) is 18.0. The van der Waals surface area contributed by atoms with Crippen molar-refractivity contribution in [1.82, 2.24) is 9.97 Å². The van der Waals surface area contributed by atoms with Crippen molar-refractivity contribution in [2.45, 2.75) is 0 Å². The smallest absolute Gasteiger partial charge is 0.229 e. The van der Waals surface area contributed by atoms with Crippen molar-refractivity contribution in [1.29, 1.82) is 0 Å². The molecule has 3 N–H and O–H groups in total. The Morgan fingerprint density at radius 2 is 1.84 bits per heavy atom. The van der Waals surface area contributed by atoms with Gasteiger partial charge in [-0.25, -0.2) is 17.8 Å². The molecule has 2 aromatic heterocycles. The lowest BCUT2D eigenvalue weighted by Gasteiger charge is -2.14. The minimum atomic E-state index is -3.40. The lowest BCUT2D eigenvalue weighted by molar-refractivity contribution is 0.417. The number of benzene rings is 3. The molecule has 0 amide bonds. The predicted octanol–water partition coefficient (Wildman–Crippen LogP) is 5.13. The van der Waals surface area contributed by atoms with Crippen molar-refractivity contribution in [3.8, 4) is 5.75 Å². The van der Waals surface area contributed by atoms with E-state index in [4.69, 9.17) is 9.72 Å². The maximum absolute atomic E-state index is 13.6. The van der Waals surface area contributed by atoms with Gasteiger partial charge in [0.05, 0.1) is 52.5 Å². The summed E-state index contributed by atoms with van der Waals surface area (Å²) in [6.45, 7) is 0. The molecular formula is C23H19FN4O3S. The Morgan fingerprint density at radius 1 is 1.00 bits per heavy atom. The SMILES string of the molecule is COc1cc(NS(C)(=O)=O)ccc1Nc1cccc2[nH]c3cc4cc(F)ccc4nc3c12. The number of H-pyrrole nitrogens is 1. The molecule has 0 atom stereocenters. The Labute approximate surface area is 183 Å². The molecule has 32 heavy (non-hydrogen) atoms. The summed E-state index contributed by atoms with van der Waals surface area (Å²) in [5.41, 5.74) is 5.00. The number of hydrogen-bond acceptors (Lipinski definition) is 5. The van der Waals surface area contributed by atoms with E-state index in [-0.39, 0.29) is 5.82 Å². The van der Waals surface area contributed by atoms with Crippen LogP contribution in [0.4, 0.5) is 21.5 Å². The molecule has 5 rings (SSSR count). The highest BCUT2D eigenvalue weighted by Gasteiger charge is 2.14. The van der Waals surface area contributed by atoms with Crippen LogP contribution < -0.4 is 14.8 Å². The Morgan fingerprint density at radius 3 is 2.62 bits per heavy atom. The van der Waals surface area contributed by atoms with Crippen LogP contribution in [0.25, 0.3) is 32.8 Å². The lowest BCUT2D eigenvalue weighted by Crippen LogP contribution is -2.09. The van der Waals surface area contributed by atoms with Gasteiger partial charge in [0.2, 0.25) is 10.0 Å². The number of pyridine rings is 1. The molecule has 0 aliphatic carbocycles. The Bertz CT molecular complexity index is 1610. The first-order valence-electron chi connectivity index (χ1n) is 9.74. The number of nitrogens with zero attached hydrogens (tertiary/aromatic N) is 1. The highest BCUT2D eigenvalue weighted by atomic mass is 32.2. The molecular weight excluding hydrogens is 431 g/mol. The van der Waals surface area contributed by atoms with E-state index >= 15 is 0 Å². The van der Waals surface area contributed by atoms with Gasteiger partial charge in [-0.1, -0.05) is 6.07 Å². The van der Waals surface area contributed by atoms with Gasteiger partial charge < -0.3 is 15.0 Å². The number of ether oxygens (including phenoxy) is 1. The van der Waals surface area contributed by atoms with E-state index in [2.05, 4.69) is 15.0 Å². The van der Waals surface area contributed by atoms with Gasteiger partial charge in [0, 0.05) is 16.8 Å². The summed E-state index contributed by atoms with van der Waals surface area (Å²) in [6, 6.07) is 17.2. The summed E-state index contributed by atoms with van der Waals surface area (Å²) in [7, 11) is -1.88. The molecule has 5 aromatic rings. The minimum absolute atomic E-state index is 0.307. The number of anilines is 3. The fraction of sp³-hybridized carbons (Fsp3) is 0.0870. The van der Waals surface area contributed by atoms with Crippen LogP contribution in [0.5, 0.6) is 5.75 Å². The Hall–Kier alpha value is -3.85. The Balaban J connectivity index is 1.63.